The van der Waals surface area contributed by atoms with Crippen LogP contribution in [0.25, 0.3) is 0 Å². The lowest BCUT2D eigenvalue weighted by molar-refractivity contribution is 0.504. The molecule has 0 aliphatic carbocycles. The minimum absolute atomic E-state index is 0.251. The van der Waals surface area contributed by atoms with Gasteiger partial charge in [-0.2, -0.15) is 0 Å². The summed E-state index contributed by atoms with van der Waals surface area (Å²) in [5, 5.41) is 14.2. The lowest BCUT2D eigenvalue weighted by atomic mass is 10.1. The van der Waals surface area contributed by atoms with E-state index in [1.54, 1.807) is 0 Å². The Balaban J connectivity index is 1.28. The van der Waals surface area contributed by atoms with Gasteiger partial charge in [-0.05, 0) is 47.2 Å². The first kappa shape index (κ1) is 31.4. The molecule has 0 radical (unpaired) electrons. The van der Waals surface area contributed by atoms with Crippen molar-refractivity contribution in [3.63, 3.8) is 0 Å². The molecular weight excluding hydrogens is 518 g/mol. The van der Waals surface area contributed by atoms with Crippen LogP contribution in [0.15, 0.2) is 93.8 Å². The summed E-state index contributed by atoms with van der Waals surface area (Å²) >= 11 is 0. The van der Waals surface area contributed by atoms with Crippen LogP contribution in [0.1, 0.15) is 47.1 Å². The summed E-state index contributed by atoms with van der Waals surface area (Å²) in [5.41, 5.74) is 5.98. The lowest BCUT2D eigenvalue weighted by Gasteiger charge is -2.14. The predicted octanol–water partition coefficient (Wildman–Crippen LogP) is 4.25. The van der Waals surface area contributed by atoms with E-state index in [1.165, 1.54) is 11.1 Å². The predicted molar refractivity (Wildman–Crippen MR) is 179 cm³/mol. The van der Waals surface area contributed by atoms with Gasteiger partial charge in [-0.15, -0.1) is 0 Å². The molecule has 1 atom stereocenters. The fourth-order valence-electron chi connectivity index (χ4n) is 4.70. The van der Waals surface area contributed by atoms with Gasteiger partial charge in [0, 0.05) is 64.5 Å². The summed E-state index contributed by atoms with van der Waals surface area (Å²) in [5.74, 6) is 0. The maximum Gasteiger partial charge on any atom is 0.0624 e. The second-order valence-corrected chi connectivity index (χ2v) is 10.7. The maximum atomic E-state index is 4.99. The van der Waals surface area contributed by atoms with Crippen LogP contribution in [0.2, 0.25) is 0 Å². The third-order valence-corrected chi connectivity index (χ3v) is 7.17. The van der Waals surface area contributed by atoms with Crippen molar-refractivity contribution in [1.82, 2.24) is 21.3 Å². The Hall–Kier alpha value is -3.49. The van der Waals surface area contributed by atoms with Crippen LogP contribution < -0.4 is 21.3 Å². The summed E-state index contributed by atoms with van der Waals surface area (Å²) in [7, 11) is 0. The molecule has 222 valence electrons. The Morgan fingerprint density at radius 3 is 2.00 bits per heavy atom. The van der Waals surface area contributed by atoms with E-state index in [1.807, 2.05) is 18.6 Å². The van der Waals surface area contributed by atoms with E-state index < -0.39 is 0 Å². The van der Waals surface area contributed by atoms with E-state index in [-0.39, 0.29) is 6.04 Å². The van der Waals surface area contributed by atoms with Crippen LogP contribution in [0.5, 0.6) is 0 Å². The molecule has 0 aromatic heterocycles. The maximum absolute atomic E-state index is 4.99. The zero-order valence-corrected chi connectivity index (χ0v) is 24.8. The summed E-state index contributed by atoms with van der Waals surface area (Å²) < 4.78 is 0. The van der Waals surface area contributed by atoms with Crippen LogP contribution in [0.3, 0.4) is 0 Å². The molecule has 4 aliphatic rings. The Bertz CT molecular complexity index is 1200. The highest BCUT2D eigenvalue weighted by atomic mass is 15.0. The summed E-state index contributed by atoms with van der Waals surface area (Å²) in [4.78, 5) is 14.1. The number of nitrogens with zero attached hydrogens (tertiary/aromatic N) is 3. The summed E-state index contributed by atoms with van der Waals surface area (Å²) in [6.07, 6.45) is 9.29. The molecule has 7 nitrogen and oxygen atoms in total. The zero-order chi connectivity index (χ0) is 28.9. The van der Waals surface area contributed by atoms with Crippen molar-refractivity contribution in [2.75, 3.05) is 52.4 Å². The molecule has 3 aromatic carbocycles. The van der Waals surface area contributed by atoms with E-state index in [2.05, 4.69) is 110 Å². The smallest absolute Gasteiger partial charge is 0.0624 e. The highest BCUT2D eigenvalue weighted by molar-refractivity contribution is 5.84. The minimum atomic E-state index is 0.251. The SMILES string of the molecule is C1=N/CCNCC/N=C/c2ccc(cc2)CNCCNCC(CCCCNCc2ccccc2)/N=C/c2ccc/1cc2. The molecule has 4 bridgehead atoms. The van der Waals surface area contributed by atoms with Crippen molar-refractivity contribution in [1.29, 1.82) is 0 Å². The molecule has 0 saturated heterocycles. The molecule has 0 spiro atoms. The normalized spacial score (nSPS) is 19.8. The molecule has 0 amide bonds. The number of benzene rings is 3. The summed E-state index contributed by atoms with van der Waals surface area (Å²) in [6.45, 7) is 8.72. The lowest BCUT2D eigenvalue weighted by Crippen LogP contribution is -2.32. The van der Waals surface area contributed by atoms with E-state index in [4.69, 9.17) is 4.99 Å². The fraction of sp³-hybridized carbons (Fsp3) is 0.400. The number of nitrogens with one attached hydrogen (secondary N) is 4. The van der Waals surface area contributed by atoms with Gasteiger partial charge in [0.05, 0.1) is 19.1 Å². The molecule has 0 fully saturated rings. The molecule has 3 aromatic rings. The van der Waals surface area contributed by atoms with E-state index >= 15 is 0 Å². The molecule has 0 saturated carbocycles. The Labute approximate surface area is 252 Å². The number of rotatable bonds is 7. The van der Waals surface area contributed by atoms with Gasteiger partial charge in [0.2, 0.25) is 0 Å². The van der Waals surface area contributed by atoms with Gasteiger partial charge in [0.15, 0.2) is 0 Å². The first-order valence-electron chi connectivity index (χ1n) is 15.4. The highest BCUT2D eigenvalue weighted by Crippen LogP contribution is 2.07. The van der Waals surface area contributed by atoms with Crippen molar-refractivity contribution in [2.24, 2.45) is 15.0 Å². The topological polar surface area (TPSA) is 85.2 Å². The number of hydrogen-bond acceptors (Lipinski definition) is 7. The monoisotopic (exact) mass is 565 g/mol. The first-order chi connectivity index (χ1) is 20.8. The van der Waals surface area contributed by atoms with Gasteiger partial charge in [0.25, 0.3) is 0 Å². The fourth-order valence-corrected chi connectivity index (χ4v) is 4.70. The summed E-state index contributed by atoms with van der Waals surface area (Å²) in [6, 6.07) is 27.9. The molecule has 7 heteroatoms. The average Bonchev–Trinajstić information content (AvgIpc) is 3.03. The van der Waals surface area contributed by atoms with E-state index in [0.29, 0.717) is 0 Å². The third-order valence-electron chi connectivity index (χ3n) is 7.17. The van der Waals surface area contributed by atoms with Gasteiger partial charge >= 0.3 is 0 Å². The van der Waals surface area contributed by atoms with Crippen LogP contribution >= 0.6 is 0 Å². The highest BCUT2D eigenvalue weighted by Gasteiger charge is 2.06. The third kappa shape index (κ3) is 13.0. The van der Waals surface area contributed by atoms with E-state index in [9.17, 15) is 0 Å². The second kappa shape index (κ2) is 19.6. The van der Waals surface area contributed by atoms with Crippen LogP contribution in [0, 0.1) is 0 Å². The first-order valence-corrected chi connectivity index (χ1v) is 15.4. The minimum Gasteiger partial charge on any atom is -0.313 e. The average molecular weight is 566 g/mol. The Morgan fingerprint density at radius 1 is 0.643 bits per heavy atom. The van der Waals surface area contributed by atoms with Crippen molar-refractivity contribution in [3.8, 4) is 0 Å². The van der Waals surface area contributed by atoms with Crippen molar-refractivity contribution < 1.29 is 0 Å². The van der Waals surface area contributed by atoms with Crippen LogP contribution in [0.4, 0.5) is 0 Å². The molecule has 4 heterocycles. The second-order valence-electron chi connectivity index (χ2n) is 10.7. The van der Waals surface area contributed by atoms with Gasteiger partial charge in [-0.1, -0.05) is 85.3 Å². The molecule has 7 rings (SSSR count). The zero-order valence-electron chi connectivity index (χ0n) is 24.8. The van der Waals surface area contributed by atoms with Crippen LogP contribution in [-0.4, -0.2) is 77.0 Å². The molecule has 4 aliphatic heterocycles. The quantitative estimate of drug-likeness (QED) is 0.323. The standard InChI is InChI=1S/C35H47N7/c1-2-6-30(7-3-1)24-37-17-5-4-8-35-29-41-23-22-40-27-32-11-9-31(10-12-32)25-38-20-18-36-19-21-39-26-33-13-15-34(16-14-33)28-42-35/h1-3,6-7,9-16,25-26,28,35-37,40-41H,4-5,8,17-24,27,29H2/b38-25+,39-26+,42-28+. The van der Waals surface area contributed by atoms with Gasteiger partial charge in [-0.25, -0.2) is 0 Å². The Morgan fingerprint density at radius 2 is 1.29 bits per heavy atom. The van der Waals surface area contributed by atoms with Crippen LogP contribution in [-0.2, 0) is 13.1 Å². The van der Waals surface area contributed by atoms with Crippen molar-refractivity contribution in [2.45, 2.75) is 38.4 Å². The van der Waals surface area contributed by atoms with E-state index in [0.717, 1.165) is 101 Å². The van der Waals surface area contributed by atoms with Gasteiger partial charge in [0.1, 0.15) is 0 Å². The molecule has 42 heavy (non-hydrogen) atoms. The molecular formula is C35H47N7. The Kier molecular flexibility index (Phi) is 14.7. The van der Waals surface area contributed by atoms with Gasteiger partial charge in [-0.3, -0.25) is 15.0 Å². The largest absolute Gasteiger partial charge is 0.313 e. The molecule has 4 N–H and O–H groups in total. The number of hydrogen-bond donors (Lipinski definition) is 4. The van der Waals surface area contributed by atoms with Gasteiger partial charge < -0.3 is 21.3 Å². The number of aliphatic imine (C=N–C) groups is 3. The molecule has 1 unspecified atom stereocenters. The van der Waals surface area contributed by atoms with Crippen molar-refractivity contribution >= 4 is 18.6 Å². The number of unbranched alkanes of at least 4 members (excludes halogenated alkanes) is 1. The van der Waals surface area contributed by atoms with Crippen molar-refractivity contribution in [3.05, 3.63) is 107 Å².